The van der Waals surface area contributed by atoms with Crippen molar-refractivity contribution < 1.29 is 4.79 Å². The number of hydrogen-bond acceptors (Lipinski definition) is 4. The Kier molecular flexibility index (Phi) is 4.11. The van der Waals surface area contributed by atoms with Crippen LogP contribution >= 0.6 is 27.3 Å². The number of nitrogens with two attached hydrogens (primary N) is 1. The van der Waals surface area contributed by atoms with E-state index in [1.54, 1.807) is 5.38 Å². The number of thiazole rings is 1. The third-order valence-corrected chi connectivity index (χ3v) is 3.86. The fourth-order valence-electron chi connectivity index (χ4n) is 1.42. The summed E-state index contributed by atoms with van der Waals surface area (Å²) in [5.41, 5.74) is 7.72. The van der Waals surface area contributed by atoms with Gasteiger partial charge in [-0.2, -0.15) is 0 Å². The first kappa shape index (κ1) is 13.2. The van der Waals surface area contributed by atoms with Crippen LogP contribution in [0, 0.1) is 6.92 Å². The summed E-state index contributed by atoms with van der Waals surface area (Å²) in [5.74, 6) is -0.226. The standard InChI is InChI=1S/C12H12BrN3OS/c1-7-2-3-9(8(13)4-7)16-12(17)10-6-18-11(5-14)15-10/h2-4,6H,5,14H2,1H3,(H,16,17). The van der Waals surface area contributed by atoms with Crippen molar-refractivity contribution in [3.63, 3.8) is 0 Å². The van der Waals surface area contributed by atoms with Crippen LogP contribution in [0.3, 0.4) is 0 Å². The van der Waals surface area contributed by atoms with E-state index in [9.17, 15) is 4.79 Å². The van der Waals surface area contributed by atoms with Crippen LogP contribution in [0.4, 0.5) is 5.69 Å². The molecule has 18 heavy (non-hydrogen) atoms. The number of rotatable bonds is 3. The highest BCUT2D eigenvalue weighted by Crippen LogP contribution is 2.24. The van der Waals surface area contributed by atoms with Crippen molar-refractivity contribution in [2.45, 2.75) is 13.5 Å². The lowest BCUT2D eigenvalue weighted by molar-refractivity contribution is 0.102. The Morgan fingerprint density at radius 1 is 1.56 bits per heavy atom. The van der Waals surface area contributed by atoms with Crippen LogP contribution in [0.5, 0.6) is 0 Å². The van der Waals surface area contributed by atoms with Gasteiger partial charge in [-0.1, -0.05) is 6.07 Å². The number of nitrogens with one attached hydrogen (secondary N) is 1. The van der Waals surface area contributed by atoms with Gasteiger partial charge in [0, 0.05) is 16.4 Å². The number of carbonyl (C=O) groups excluding carboxylic acids is 1. The molecule has 4 nitrogen and oxygen atoms in total. The summed E-state index contributed by atoms with van der Waals surface area (Å²) in [6.07, 6.45) is 0. The molecule has 2 aromatic rings. The molecular weight excluding hydrogens is 314 g/mol. The van der Waals surface area contributed by atoms with Crippen molar-refractivity contribution in [3.05, 3.63) is 44.3 Å². The Morgan fingerprint density at radius 2 is 2.33 bits per heavy atom. The lowest BCUT2D eigenvalue weighted by Crippen LogP contribution is -2.13. The molecule has 0 bridgehead atoms. The molecule has 2 rings (SSSR count). The van der Waals surface area contributed by atoms with E-state index in [1.165, 1.54) is 11.3 Å². The van der Waals surface area contributed by atoms with Crippen LogP contribution in [-0.4, -0.2) is 10.9 Å². The van der Waals surface area contributed by atoms with Crippen molar-refractivity contribution in [2.24, 2.45) is 5.73 Å². The van der Waals surface area contributed by atoms with Gasteiger partial charge in [0.1, 0.15) is 10.7 Å². The molecule has 6 heteroatoms. The Hall–Kier alpha value is -1.24. The number of halogens is 1. The fourth-order valence-corrected chi connectivity index (χ4v) is 2.66. The summed E-state index contributed by atoms with van der Waals surface area (Å²) in [6, 6.07) is 5.74. The number of nitrogens with zero attached hydrogens (tertiary/aromatic N) is 1. The zero-order chi connectivity index (χ0) is 13.1. The van der Waals surface area contributed by atoms with Crippen LogP contribution in [0.25, 0.3) is 0 Å². The van der Waals surface area contributed by atoms with E-state index in [4.69, 9.17) is 5.73 Å². The van der Waals surface area contributed by atoms with Gasteiger partial charge in [0.25, 0.3) is 5.91 Å². The van der Waals surface area contributed by atoms with E-state index in [-0.39, 0.29) is 5.91 Å². The number of aryl methyl sites for hydroxylation is 1. The van der Waals surface area contributed by atoms with Gasteiger partial charge in [-0.05, 0) is 40.5 Å². The van der Waals surface area contributed by atoms with E-state index < -0.39 is 0 Å². The van der Waals surface area contributed by atoms with Crippen molar-refractivity contribution >= 4 is 38.9 Å². The van der Waals surface area contributed by atoms with E-state index in [2.05, 4.69) is 26.2 Å². The lowest BCUT2D eigenvalue weighted by Gasteiger charge is -2.06. The maximum Gasteiger partial charge on any atom is 0.275 e. The molecule has 0 saturated heterocycles. The van der Waals surface area contributed by atoms with Crippen molar-refractivity contribution in [1.82, 2.24) is 4.98 Å². The van der Waals surface area contributed by atoms with Gasteiger partial charge in [0.15, 0.2) is 0 Å². The van der Waals surface area contributed by atoms with Gasteiger partial charge in [-0.15, -0.1) is 11.3 Å². The topological polar surface area (TPSA) is 68.0 Å². The summed E-state index contributed by atoms with van der Waals surface area (Å²) in [6.45, 7) is 2.34. The predicted molar refractivity (Wildman–Crippen MR) is 76.8 cm³/mol. The number of amides is 1. The molecule has 1 aromatic heterocycles. The second kappa shape index (κ2) is 5.60. The number of hydrogen-bond donors (Lipinski definition) is 2. The minimum Gasteiger partial charge on any atom is -0.325 e. The molecule has 0 aliphatic rings. The molecule has 94 valence electrons. The zero-order valence-corrected chi connectivity index (χ0v) is 12.1. The Labute approximate surface area is 117 Å². The third kappa shape index (κ3) is 2.95. The largest absolute Gasteiger partial charge is 0.325 e. The van der Waals surface area contributed by atoms with Crippen molar-refractivity contribution in [1.29, 1.82) is 0 Å². The highest BCUT2D eigenvalue weighted by atomic mass is 79.9. The van der Waals surface area contributed by atoms with Crippen LogP contribution in [0.1, 0.15) is 21.1 Å². The van der Waals surface area contributed by atoms with Gasteiger partial charge in [0.05, 0.1) is 5.69 Å². The van der Waals surface area contributed by atoms with Crippen LogP contribution in [0.2, 0.25) is 0 Å². The molecular formula is C12H12BrN3OS. The Morgan fingerprint density at radius 3 is 2.94 bits per heavy atom. The number of carbonyl (C=O) groups is 1. The second-order valence-corrected chi connectivity index (χ2v) is 5.57. The molecule has 0 atom stereocenters. The average molecular weight is 326 g/mol. The summed E-state index contributed by atoms with van der Waals surface area (Å²) >= 11 is 4.80. The van der Waals surface area contributed by atoms with Crippen molar-refractivity contribution in [3.8, 4) is 0 Å². The van der Waals surface area contributed by atoms with E-state index >= 15 is 0 Å². The molecule has 0 unspecified atom stereocenters. The van der Waals surface area contributed by atoms with E-state index in [0.29, 0.717) is 12.2 Å². The van der Waals surface area contributed by atoms with E-state index in [0.717, 1.165) is 20.7 Å². The smallest absolute Gasteiger partial charge is 0.275 e. The molecule has 0 aliphatic carbocycles. The Balaban J connectivity index is 2.16. The average Bonchev–Trinajstić information content (AvgIpc) is 2.81. The molecule has 0 fully saturated rings. The van der Waals surface area contributed by atoms with Gasteiger partial charge in [-0.25, -0.2) is 4.98 Å². The summed E-state index contributed by atoms with van der Waals surface area (Å²) in [4.78, 5) is 16.1. The first-order valence-corrected chi connectivity index (χ1v) is 6.99. The second-order valence-electron chi connectivity index (χ2n) is 3.77. The Bertz CT molecular complexity index is 582. The summed E-state index contributed by atoms with van der Waals surface area (Å²) < 4.78 is 0.852. The predicted octanol–water partition coefficient (Wildman–Crippen LogP) is 2.93. The highest BCUT2D eigenvalue weighted by molar-refractivity contribution is 9.10. The number of benzene rings is 1. The minimum atomic E-state index is -0.226. The minimum absolute atomic E-state index is 0.226. The molecule has 0 saturated carbocycles. The molecule has 1 amide bonds. The lowest BCUT2D eigenvalue weighted by atomic mass is 10.2. The number of anilines is 1. The van der Waals surface area contributed by atoms with Gasteiger partial charge in [0.2, 0.25) is 0 Å². The highest BCUT2D eigenvalue weighted by Gasteiger charge is 2.11. The molecule has 1 heterocycles. The normalized spacial score (nSPS) is 10.4. The van der Waals surface area contributed by atoms with Gasteiger partial charge in [-0.3, -0.25) is 4.79 Å². The first-order valence-electron chi connectivity index (χ1n) is 5.32. The SMILES string of the molecule is Cc1ccc(NC(=O)c2csc(CN)n2)c(Br)c1. The van der Waals surface area contributed by atoms with Crippen LogP contribution < -0.4 is 11.1 Å². The third-order valence-electron chi connectivity index (χ3n) is 2.33. The van der Waals surface area contributed by atoms with Gasteiger partial charge >= 0.3 is 0 Å². The molecule has 3 N–H and O–H groups in total. The molecule has 0 radical (unpaired) electrons. The fraction of sp³-hybridized carbons (Fsp3) is 0.167. The summed E-state index contributed by atoms with van der Waals surface area (Å²) in [7, 11) is 0. The maximum absolute atomic E-state index is 12.0. The zero-order valence-electron chi connectivity index (χ0n) is 9.74. The quantitative estimate of drug-likeness (QED) is 0.911. The maximum atomic E-state index is 12.0. The van der Waals surface area contributed by atoms with E-state index in [1.807, 2.05) is 25.1 Å². The molecule has 0 aliphatic heterocycles. The first-order chi connectivity index (χ1) is 8.60. The van der Waals surface area contributed by atoms with Crippen LogP contribution in [-0.2, 0) is 6.54 Å². The van der Waals surface area contributed by atoms with Crippen molar-refractivity contribution in [2.75, 3.05) is 5.32 Å². The number of aromatic nitrogens is 1. The summed E-state index contributed by atoms with van der Waals surface area (Å²) in [5, 5.41) is 5.27. The van der Waals surface area contributed by atoms with Gasteiger partial charge < -0.3 is 11.1 Å². The molecule has 1 aromatic carbocycles. The van der Waals surface area contributed by atoms with Crippen LogP contribution in [0.15, 0.2) is 28.1 Å². The molecule has 0 spiro atoms. The monoisotopic (exact) mass is 325 g/mol.